The summed E-state index contributed by atoms with van der Waals surface area (Å²) >= 11 is 6.97. The second-order valence-corrected chi connectivity index (χ2v) is 12.5. The van der Waals surface area contributed by atoms with Gasteiger partial charge in [0, 0.05) is 48.3 Å². The number of nitrogens with zero attached hydrogens (tertiary/aromatic N) is 6. The first-order valence-corrected chi connectivity index (χ1v) is 15.3. The molecule has 0 N–H and O–H groups in total. The predicted octanol–water partition coefficient (Wildman–Crippen LogP) is 4.22. The normalized spacial score (nSPS) is 11.5. The SMILES string of the molecule is Cn1c(=O)c2cc(CCc3cc4c(=O)n(C)c(=O)n(C)c4nc3-c3ccc(Br)cc3)c(-c3ccc(Br)cc3)nc2n(C)c1=O. The summed E-state index contributed by atoms with van der Waals surface area (Å²) < 4.78 is 6.71. The molecule has 0 unspecified atom stereocenters. The Morgan fingerprint density at radius 1 is 0.545 bits per heavy atom. The lowest BCUT2D eigenvalue weighted by Crippen LogP contribution is -2.37. The summed E-state index contributed by atoms with van der Waals surface area (Å²) in [5, 5.41) is 0.665. The third-order valence-electron chi connectivity index (χ3n) is 7.91. The van der Waals surface area contributed by atoms with E-state index in [-0.39, 0.29) is 0 Å². The van der Waals surface area contributed by atoms with Crippen molar-refractivity contribution in [3.63, 3.8) is 0 Å². The molecule has 4 aromatic heterocycles. The first-order valence-electron chi connectivity index (χ1n) is 13.7. The van der Waals surface area contributed by atoms with Crippen LogP contribution in [0.4, 0.5) is 0 Å². The monoisotopic (exact) mass is 716 g/mol. The average molecular weight is 718 g/mol. The standard InChI is InChI=1S/C32H26Br2N6O4/c1-37-27-23(29(41)39(3)31(37)43)15-19(25(35-27)17-7-11-21(33)12-8-17)5-6-20-16-24-28(38(2)32(44)40(4)30(24)42)36-26(20)18-9-13-22(34)14-10-18/h7-16H,5-6H2,1-4H3. The number of halogens is 2. The highest BCUT2D eigenvalue weighted by atomic mass is 79.9. The fourth-order valence-electron chi connectivity index (χ4n) is 5.45. The van der Waals surface area contributed by atoms with Crippen molar-refractivity contribution in [2.24, 2.45) is 28.2 Å². The summed E-state index contributed by atoms with van der Waals surface area (Å²) in [5.41, 5.74) is 3.37. The van der Waals surface area contributed by atoms with Crippen molar-refractivity contribution in [2.45, 2.75) is 12.8 Å². The molecule has 0 fully saturated rings. The fraction of sp³-hybridized carbons (Fsp3) is 0.188. The molecule has 0 saturated heterocycles. The van der Waals surface area contributed by atoms with E-state index < -0.39 is 22.5 Å². The van der Waals surface area contributed by atoms with E-state index in [2.05, 4.69) is 31.9 Å². The highest BCUT2D eigenvalue weighted by Gasteiger charge is 2.19. The summed E-state index contributed by atoms with van der Waals surface area (Å²) in [4.78, 5) is 61.5. The minimum Gasteiger partial charge on any atom is -0.280 e. The first-order chi connectivity index (χ1) is 21.0. The Balaban J connectivity index is 1.57. The first kappa shape index (κ1) is 29.6. The molecular weight excluding hydrogens is 692 g/mol. The summed E-state index contributed by atoms with van der Waals surface area (Å²) in [7, 11) is 6.10. The molecule has 222 valence electrons. The van der Waals surface area contributed by atoms with E-state index in [1.807, 2.05) is 48.5 Å². The van der Waals surface area contributed by atoms with Crippen LogP contribution in [0.2, 0.25) is 0 Å². The fourth-order valence-corrected chi connectivity index (χ4v) is 5.98. The van der Waals surface area contributed by atoms with Gasteiger partial charge in [-0.1, -0.05) is 56.1 Å². The van der Waals surface area contributed by atoms with Crippen molar-refractivity contribution in [3.8, 4) is 22.5 Å². The van der Waals surface area contributed by atoms with Crippen molar-refractivity contribution in [1.82, 2.24) is 28.2 Å². The quantitative estimate of drug-likeness (QED) is 0.264. The molecule has 0 saturated carbocycles. The van der Waals surface area contributed by atoms with E-state index in [9.17, 15) is 19.2 Å². The second-order valence-electron chi connectivity index (χ2n) is 10.7. The molecule has 6 aromatic rings. The summed E-state index contributed by atoms with van der Waals surface area (Å²) in [5.74, 6) is 0. The highest BCUT2D eigenvalue weighted by Crippen LogP contribution is 2.30. The van der Waals surface area contributed by atoms with Gasteiger partial charge in [-0.2, -0.15) is 0 Å². The van der Waals surface area contributed by atoms with E-state index >= 15 is 0 Å². The Morgan fingerprint density at radius 2 is 0.886 bits per heavy atom. The molecule has 10 nitrogen and oxygen atoms in total. The van der Waals surface area contributed by atoms with E-state index in [0.717, 1.165) is 40.3 Å². The zero-order chi connectivity index (χ0) is 31.4. The molecule has 0 bridgehead atoms. The molecule has 0 radical (unpaired) electrons. The van der Waals surface area contributed by atoms with Gasteiger partial charge in [-0.05, 0) is 60.4 Å². The van der Waals surface area contributed by atoms with E-state index in [1.54, 1.807) is 26.2 Å². The zero-order valence-corrected chi connectivity index (χ0v) is 27.4. The van der Waals surface area contributed by atoms with Gasteiger partial charge in [0.2, 0.25) is 0 Å². The number of aromatic nitrogens is 6. The topological polar surface area (TPSA) is 114 Å². The molecule has 0 atom stereocenters. The van der Waals surface area contributed by atoms with Gasteiger partial charge in [0.1, 0.15) is 11.3 Å². The summed E-state index contributed by atoms with van der Waals surface area (Å²) in [6.07, 6.45) is 0.895. The van der Waals surface area contributed by atoms with E-state index in [4.69, 9.17) is 9.97 Å². The van der Waals surface area contributed by atoms with Crippen LogP contribution in [0, 0.1) is 0 Å². The average Bonchev–Trinajstić information content (AvgIpc) is 3.03. The van der Waals surface area contributed by atoms with Crippen LogP contribution in [0.3, 0.4) is 0 Å². The highest BCUT2D eigenvalue weighted by molar-refractivity contribution is 9.10. The summed E-state index contributed by atoms with van der Waals surface area (Å²) in [6.45, 7) is 0. The number of fused-ring (bicyclic) bond motifs is 2. The molecule has 2 aromatic carbocycles. The number of pyridine rings is 2. The van der Waals surface area contributed by atoms with Gasteiger partial charge in [-0.25, -0.2) is 19.6 Å². The Morgan fingerprint density at radius 3 is 1.23 bits per heavy atom. The van der Waals surface area contributed by atoms with Crippen molar-refractivity contribution < 1.29 is 0 Å². The van der Waals surface area contributed by atoms with Gasteiger partial charge in [0.25, 0.3) is 11.1 Å². The van der Waals surface area contributed by atoms with Crippen LogP contribution in [-0.4, -0.2) is 28.2 Å². The van der Waals surface area contributed by atoms with Gasteiger partial charge in [0.05, 0.1) is 22.2 Å². The molecule has 0 aliphatic rings. The number of aryl methyl sites for hydroxylation is 4. The molecule has 0 spiro atoms. The van der Waals surface area contributed by atoms with Gasteiger partial charge in [-0.3, -0.25) is 27.9 Å². The second kappa shape index (κ2) is 11.3. The largest absolute Gasteiger partial charge is 0.332 e. The minimum absolute atomic E-state index is 0.298. The van der Waals surface area contributed by atoms with Crippen molar-refractivity contribution in [1.29, 1.82) is 0 Å². The molecule has 0 aliphatic carbocycles. The molecule has 44 heavy (non-hydrogen) atoms. The molecule has 0 aliphatic heterocycles. The summed E-state index contributed by atoms with van der Waals surface area (Å²) in [6, 6.07) is 19.0. The van der Waals surface area contributed by atoms with Gasteiger partial charge in [-0.15, -0.1) is 0 Å². The van der Waals surface area contributed by atoms with Crippen molar-refractivity contribution in [3.05, 3.63) is 122 Å². The van der Waals surface area contributed by atoms with Gasteiger partial charge >= 0.3 is 11.4 Å². The molecule has 4 heterocycles. The lowest BCUT2D eigenvalue weighted by atomic mass is 9.95. The van der Waals surface area contributed by atoms with Crippen LogP contribution in [0.1, 0.15) is 11.1 Å². The molecule has 0 amide bonds. The van der Waals surface area contributed by atoms with Gasteiger partial charge in [0.15, 0.2) is 0 Å². The minimum atomic E-state index is -0.457. The third kappa shape index (κ3) is 4.97. The zero-order valence-electron chi connectivity index (χ0n) is 24.3. The van der Waals surface area contributed by atoms with Crippen LogP contribution < -0.4 is 22.5 Å². The van der Waals surface area contributed by atoms with Crippen LogP contribution in [-0.2, 0) is 41.0 Å². The number of benzene rings is 2. The maximum absolute atomic E-state index is 13.2. The van der Waals surface area contributed by atoms with Crippen molar-refractivity contribution in [2.75, 3.05) is 0 Å². The third-order valence-corrected chi connectivity index (χ3v) is 8.97. The molecule has 12 heteroatoms. The van der Waals surface area contributed by atoms with Crippen LogP contribution in [0.15, 0.2) is 88.8 Å². The Kier molecular flexibility index (Phi) is 7.58. The molecule has 6 rings (SSSR count). The number of hydrogen-bond donors (Lipinski definition) is 0. The van der Waals surface area contributed by atoms with Crippen molar-refractivity contribution >= 4 is 53.9 Å². The van der Waals surface area contributed by atoms with Crippen LogP contribution in [0.5, 0.6) is 0 Å². The maximum atomic E-state index is 13.2. The molecular formula is C32H26Br2N6O4. The number of hydrogen-bond acceptors (Lipinski definition) is 6. The number of rotatable bonds is 5. The van der Waals surface area contributed by atoms with Crippen LogP contribution >= 0.6 is 31.9 Å². The lowest BCUT2D eigenvalue weighted by Gasteiger charge is -2.16. The van der Waals surface area contributed by atoms with Gasteiger partial charge < -0.3 is 0 Å². The Bertz CT molecular complexity index is 2200. The van der Waals surface area contributed by atoms with Crippen LogP contribution in [0.25, 0.3) is 44.6 Å². The predicted molar refractivity (Wildman–Crippen MR) is 178 cm³/mol. The smallest absolute Gasteiger partial charge is 0.280 e. The van der Waals surface area contributed by atoms with E-state index in [1.165, 1.54) is 23.2 Å². The lowest BCUT2D eigenvalue weighted by molar-refractivity contribution is 0.706. The Labute approximate surface area is 267 Å². The maximum Gasteiger partial charge on any atom is 0.332 e. The van der Waals surface area contributed by atoms with E-state index in [0.29, 0.717) is 46.3 Å². The Hall–Kier alpha value is -4.42.